The maximum atomic E-state index is 14.5. The van der Waals surface area contributed by atoms with E-state index in [1.807, 2.05) is 91.0 Å². The molecule has 0 aromatic heterocycles. The van der Waals surface area contributed by atoms with Crippen molar-refractivity contribution in [3.63, 3.8) is 0 Å². The number of anilines is 1. The number of carbonyl (C=O) groups excluding carboxylic acids is 4. The Morgan fingerprint density at radius 2 is 1.43 bits per heavy atom. The van der Waals surface area contributed by atoms with E-state index in [1.54, 1.807) is 58.3 Å². The molecule has 0 saturated carbocycles. The molecule has 2 aliphatic rings. The van der Waals surface area contributed by atoms with E-state index in [0.717, 1.165) is 38.2 Å². The number of nitrogens with one attached hydrogen (secondary N) is 2. The standard InChI is InChI=1S/C44H38Cl2N6O4/c1-49(44(56)47-24-29-18-21-37(45)38(46)22-29)51-27-41(53)52-39(43(55)50(26-40(51)52)25-32-12-6-10-30-8-2-4-13-34(30)32)23-28-16-19-33(20-17-28)48-42(54)36-15-7-11-31-9-3-5-14-35(31)36/h2-22,39-40H,23-27H2,1H3,(H,47,56)(H,48,54)/t39-,40+/m0/s1. The van der Waals surface area contributed by atoms with Crippen LogP contribution in [0.5, 0.6) is 0 Å². The summed E-state index contributed by atoms with van der Waals surface area (Å²) < 4.78 is 0. The number of carbonyl (C=O) groups is 4. The normalized spacial score (nSPS) is 17.0. The van der Waals surface area contributed by atoms with Crippen molar-refractivity contribution in [2.45, 2.75) is 31.7 Å². The van der Waals surface area contributed by atoms with Crippen LogP contribution in [0.4, 0.5) is 10.5 Å². The van der Waals surface area contributed by atoms with Gasteiger partial charge in [-0.1, -0.05) is 120 Å². The molecule has 0 radical (unpaired) electrons. The van der Waals surface area contributed by atoms with Crippen LogP contribution in [0.3, 0.4) is 0 Å². The molecule has 0 spiro atoms. The first-order chi connectivity index (χ1) is 27.1. The van der Waals surface area contributed by atoms with E-state index in [9.17, 15) is 19.2 Å². The number of fused-ring (bicyclic) bond motifs is 3. The van der Waals surface area contributed by atoms with Gasteiger partial charge in [-0.15, -0.1) is 0 Å². The molecule has 282 valence electrons. The van der Waals surface area contributed by atoms with Crippen LogP contribution < -0.4 is 10.6 Å². The van der Waals surface area contributed by atoms with Crippen LogP contribution >= 0.6 is 23.2 Å². The largest absolute Gasteiger partial charge is 0.333 e. The lowest BCUT2D eigenvalue weighted by atomic mass is 9.98. The summed E-state index contributed by atoms with van der Waals surface area (Å²) in [6, 6.07) is 38.7. The highest BCUT2D eigenvalue weighted by Gasteiger charge is 2.51. The molecule has 2 fully saturated rings. The second kappa shape index (κ2) is 15.7. The van der Waals surface area contributed by atoms with E-state index < -0.39 is 18.2 Å². The molecule has 0 aliphatic carbocycles. The topological polar surface area (TPSA) is 105 Å². The van der Waals surface area contributed by atoms with E-state index in [4.69, 9.17) is 23.2 Å². The predicted molar refractivity (Wildman–Crippen MR) is 219 cm³/mol. The zero-order chi connectivity index (χ0) is 38.9. The number of piperazine rings is 1. The van der Waals surface area contributed by atoms with E-state index in [0.29, 0.717) is 27.8 Å². The van der Waals surface area contributed by atoms with Crippen LogP contribution in [-0.4, -0.2) is 75.9 Å². The molecule has 2 heterocycles. The Bertz CT molecular complexity index is 2480. The maximum Gasteiger partial charge on any atom is 0.332 e. The Labute approximate surface area is 334 Å². The maximum absolute atomic E-state index is 14.5. The van der Waals surface area contributed by atoms with Gasteiger partial charge in [0.2, 0.25) is 11.8 Å². The van der Waals surface area contributed by atoms with Gasteiger partial charge in [0.15, 0.2) is 0 Å². The number of nitrogens with zero attached hydrogens (tertiary/aromatic N) is 4. The van der Waals surface area contributed by atoms with Crippen molar-refractivity contribution < 1.29 is 19.2 Å². The second-order valence-corrected chi connectivity index (χ2v) is 14.9. The van der Waals surface area contributed by atoms with Gasteiger partial charge < -0.3 is 20.4 Å². The Morgan fingerprint density at radius 1 is 0.768 bits per heavy atom. The summed E-state index contributed by atoms with van der Waals surface area (Å²) in [6.07, 6.45) is -0.355. The fraction of sp³-hybridized carbons (Fsp3) is 0.182. The van der Waals surface area contributed by atoms with E-state index in [2.05, 4.69) is 10.6 Å². The summed E-state index contributed by atoms with van der Waals surface area (Å²) in [4.78, 5) is 58.6. The third-order valence-electron chi connectivity index (χ3n) is 10.6. The van der Waals surface area contributed by atoms with Crippen LogP contribution in [0.25, 0.3) is 21.5 Å². The SMILES string of the molecule is CN(C(=O)NCc1ccc(Cl)c(Cl)c1)N1CC(=O)N2[C@@H](Cc3ccc(NC(=O)c4cccc5ccccc45)cc3)C(=O)N(Cc3cccc4ccccc34)C[C@@H]21. The molecule has 2 aliphatic heterocycles. The van der Waals surface area contributed by atoms with Gasteiger partial charge in [0.1, 0.15) is 12.2 Å². The highest BCUT2D eigenvalue weighted by molar-refractivity contribution is 6.42. The molecular formula is C44H38Cl2N6O4. The average Bonchev–Trinajstić information content (AvgIpc) is 3.55. The summed E-state index contributed by atoms with van der Waals surface area (Å²) in [5, 5.41) is 13.8. The van der Waals surface area contributed by atoms with Crippen molar-refractivity contribution in [1.82, 2.24) is 25.1 Å². The van der Waals surface area contributed by atoms with Crippen molar-refractivity contribution in [3.05, 3.63) is 160 Å². The second-order valence-electron chi connectivity index (χ2n) is 14.1. The van der Waals surface area contributed by atoms with Gasteiger partial charge in [-0.2, -0.15) is 5.01 Å². The van der Waals surface area contributed by atoms with Gasteiger partial charge in [0.05, 0.1) is 23.1 Å². The Hall–Kier alpha value is -5.94. The van der Waals surface area contributed by atoms with Crippen LogP contribution in [0, 0.1) is 0 Å². The highest BCUT2D eigenvalue weighted by Crippen LogP contribution is 2.32. The zero-order valence-corrected chi connectivity index (χ0v) is 32.0. The van der Waals surface area contributed by atoms with Crippen molar-refractivity contribution in [3.8, 4) is 0 Å². The Morgan fingerprint density at radius 3 is 2.18 bits per heavy atom. The molecule has 0 bridgehead atoms. The Kier molecular flexibility index (Phi) is 10.3. The summed E-state index contributed by atoms with van der Waals surface area (Å²) >= 11 is 12.3. The van der Waals surface area contributed by atoms with Crippen LogP contribution in [0.15, 0.2) is 127 Å². The molecule has 0 unspecified atom stereocenters. The smallest absolute Gasteiger partial charge is 0.332 e. The molecule has 6 aromatic rings. The minimum atomic E-state index is -0.829. The first kappa shape index (κ1) is 37.0. The third kappa shape index (κ3) is 7.38. The fourth-order valence-electron chi connectivity index (χ4n) is 7.71. The van der Waals surface area contributed by atoms with E-state index in [1.165, 1.54) is 5.01 Å². The first-order valence-corrected chi connectivity index (χ1v) is 19.1. The lowest BCUT2D eigenvalue weighted by Gasteiger charge is -2.46. The molecule has 2 N–H and O–H groups in total. The number of benzene rings is 6. The van der Waals surface area contributed by atoms with E-state index >= 15 is 0 Å². The quantitative estimate of drug-likeness (QED) is 0.156. The molecule has 10 nitrogen and oxygen atoms in total. The number of rotatable bonds is 9. The monoisotopic (exact) mass is 784 g/mol. The number of hydrogen-bond donors (Lipinski definition) is 2. The average molecular weight is 786 g/mol. The molecule has 2 atom stereocenters. The first-order valence-electron chi connectivity index (χ1n) is 18.3. The zero-order valence-electron chi connectivity index (χ0n) is 30.5. The molecule has 12 heteroatoms. The number of urea groups is 1. The van der Waals surface area contributed by atoms with Crippen molar-refractivity contribution in [2.75, 3.05) is 25.5 Å². The van der Waals surface area contributed by atoms with Crippen molar-refractivity contribution in [1.29, 1.82) is 0 Å². The van der Waals surface area contributed by atoms with Gasteiger partial charge >= 0.3 is 6.03 Å². The molecule has 56 heavy (non-hydrogen) atoms. The number of halogens is 2. The number of amides is 5. The lowest BCUT2D eigenvalue weighted by Crippen LogP contribution is -2.65. The summed E-state index contributed by atoms with van der Waals surface area (Å²) in [5.74, 6) is -0.650. The van der Waals surface area contributed by atoms with Crippen LogP contribution in [0.2, 0.25) is 10.0 Å². The van der Waals surface area contributed by atoms with Gasteiger partial charge in [-0.3, -0.25) is 19.4 Å². The lowest BCUT2D eigenvalue weighted by molar-refractivity contribution is -0.157. The van der Waals surface area contributed by atoms with Gasteiger partial charge in [-0.25, -0.2) is 4.79 Å². The molecule has 6 aromatic carbocycles. The molecular weight excluding hydrogens is 747 g/mol. The Balaban J connectivity index is 1.04. The molecule has 5 amide bonds. The number of hydrazine groups is 1. The van der Waals surface area contributed by atoms with Gasteiger partial charge in [0, 0.05) is 37.8 Å². The van der Waals surface area contributed by atoms with Gasteiger partial charge in [-0.05, 0) is 68.6 Å². The van der Waals surface area contributed by atoms with Crippen LogP contribution in [-0.2, 0) is 29.1 Å². The predicted octanol–water partition coefficient (Wildman–Crippen LogP) is 7.73. The molecule has 8 rings (SSSR count). The van der Waals surface area contributed by atoms with E-state index in [-0.39, 0.29) is 43.8 Å². The number of hydrogen-bond acceptors (Lipinski definition) is 5. The minimum absolute atomic E-state index is 0.0770. The highest BCUT2D eigenvalue weighted by atomic mass is 35.5. The van der Waals surface area contributed by atoms with Crippen molar-refractivity contribution >= 4 is 74.2 Å². The summed E-state index contributed by atoms with van der Waals surface area (Å²) in [7, 11) is 1.62. The van der Waals surface area contributed by atoms with Crippen LogP contribution in [0.1, 0.15) is 27.0 Å². The van der Waals surface area contributed by atoms with Crippen molar-refractivity contribution in [2.24, 2.45) is 0 Å². The minimum Gasteiger partial charge on any atom is -0.333 e. The third-order valence-corrected chi connectivity index (χ3v) is 11.3. The van der Waals surface area contributed by atoms with Gasteiger partial charge in [0.25, 0.3) is 5.91 Å². The summed E-state index contributed by atoms with van der Waals surface area (Å²) in [6.45, 7) is 0.651. The summed E-state index contributed by atoms with van der Waals surface area (Å²) in [5.41, 5.74) is 3.75. The fourth-order valence-corrected chi connectivity index (χ4v) is 8.03. The molecule has 2 saturated heterocycles.